The molecule has 0 saturated carbocycles. The van der Waals surface area contributed by atoms with E-state index >= 15 is 0 Å². The normalized spacial score (nSPS) is 9.08. The quantitative estimate of drug-likeness (QED) is 0.679. The number of hydrogen-bond acceptors (Lipinski definition) is 2. The van der Waals surface area contributed by atoms with Gasteiger partial charge in [-0.2, -0.15) is 0 Å². The summed E-state index contributed by atoms with van der Waals surface area (Å²) in [5.41, 5.74) is 2.57. The van der Waals surface area contributed by atoms with Crippen LogP contribution >= 0.6 is 0 Å². The van der Waals surface area contributed by atoms with Crippen LogP contribution < -0.4 is 5.32 Å². The summed E-state index contributed by atoms with van der Waals surface area (Å²) in [5.74, 6) is 0. The molecule has 1 aromatic carbocycles. The smallest absolute Gasteiger partial charge is 0.385 e. The minimum absolute atomic E-state index is 0.619. The Labute approximate surface area is 72.0 Å². The fourth-order valence-corrected chi connectivity index (χ4v) is 1.03. The van der Waals surface area contributed by atoms with Crippen molar-refractivity contribution >= 4 is 11.4 Å². The molecule has 0 spiro atoms. The molecule has 0 saturated heterocycles. The van der Waals surface area contributed by atoms with E-state index in [1.165, 1.54) is 0 Å². The van der Waals surface area contributed by atoms with Crippen LogP contribution in [0.15, 0.2) is 18.2 Å². The van der Waals surface area contributed by atoms with Crippen molar-refractivity contribution in [2.75, 3.05) is 11.9 Å². The highest BCUT2D eigenvalue weighted by Gasteiger charge is 2.09. The Morgan fingerprint density at radius 1 is 1.50 bits per heavy atom. The summed E-state index contributed by atoms with van der Waals surface area (Å²) in [7, 11) is 0. The lowest BCUT2D eigenvalue weighted by Gasteiger charge is -1.99. The monoisotopic (exact) mass is 162 g/mol. The molecule has 0 aliphatic heterocycles. The molecule has 0 bridgehead atoms. The third kappa shape index (κ3) is 1.73. The highest BCUT2D eigenvalue weighted by Crippen LogP contribution is 2.22. The largest absolute Gasteiger partial charge is 0.389 e. The zero-order chi connectivity index (χ0) is 8.97. The number of nitrogens with zero attached hydrogens (tertiary/aromatic N) is 2. The van der Waals surface area contributed by atoms with Gasteiger partial charge in [0, 0.05) is 17.8 Å². The lowest BCUT2D eigenvalue weighted by atomic mass is 10.2. The first-order valence-corrected chi connectivity index (χ1v) is 3.97. The van der Waals surface area contributed by atoms with Gasteiger partial charge in [-0.3, -0.25) is 0 Å². The molecule has 0 unspecified atom stereocenters. The molecule has 0 atom stereocenters. The van der Waals surface area contributed by atoms with Crippen molar-refractivity contribution in [2.45, 2.75) is 13.8 Å². The van der Waals surface area contributed by atoms with Gasteiger partial charge in [0.1, 0.15) is 0 Å². The molecule has 0 radical (unpaired) electrons. The third-order valence-electron chi connectivity index (χ3n) is 1.70. The molecule has 12 heavy (non-hydrogen) atoms. The topological polar surface area (TPSA) is 40.2 Å². The lowest BCUT2D eigenvalue weighted by Crippen LogP contribution is -1.95. The van der Waals surface area contributed by atoms with Gasteiger partial charge in [-0.15, -0.1) is 0 Å². The fraction of sp³-hybridized carbons (Fsp3) is 0.333. The highest BCUT2D eigenvalue weighted by atomic mass is 14.9. The van der Waals surface area contributed by atoms with Crippen LogP contribution in [0.4, 0.5) is 11.4 Å². The zero-order valence-electron chi connectivity index (χ0n) is 7.33. The maximum Gasteiger partial charge on any atom is 0.389 e. The standard InChI is InChI=1S/C9H12N3/c1-3-11-8-5-4-7(2)9(6-8)12-10/h4-6,11H,3H2,1-2H3/q+1. The Hall–Kier alpha value is -1.56. The van der Waals surface area contributed by atoms with Crippen molar-refractivity contribution in [1.82, 2.24) is 0 Å². The molecule has 1 rings (SSSR count). The maximum atomic E-state index is 8.61. The molecule has 1 aromatic rings. The average Bonchev–Trinajstić information content (AvgIpc) is 2.09. The van der Waals surface area contributed by atoms with E-state index in [1.54, 1.807) is 0 Å². The second kappa shape index (κ2) is 3.72. The maximum absolute atomic E-state index is 8.61. The first-order chi connectivity index (χ1) is 5.77. The van der Waals surface area contributed by atoms with Crippen LogP contribution in [0.2, 0.25) is 0 Å². The molecule has 62 valence electrons. The third-order valence-corrected chi connectivity index (χ3v) is 1.70. The summed E-state index contributed by atoms with van der Waals surface area (Å²) in [5, 5.41) is 11.7. The number of aryl methyl sites for hydroxylation is 1. The summed E-state index contributed by atoms with van der Waals surface area (Å²) in [6, 6.07) is 5.71. The molecule has 3 nitrogen and oxygen atoms in total. The van der Waals surface area contributed by atoms with E-state index < -0.39 is 0 Å². The molecule has 0 aromatic heterocycles. The van der Waals surface area contributed by atoms with Gasteiger partial charge in [-0.1, -0.05) is 0 Å². The molecule has 0 aliphatic rings. The van der Waals surface area contributed by atoms with Crippen molar-refractivity contribution in [2.24, 2.45) is 0 Å². The van der Waals surface area contributed by atoms with Gasteiger partial charge >= 0.3 is 5.69 Å². The van der Waals surface area contributed by atoms with Crippen molar-refractivity contribution in [3.05, 3.63) is 28.7 Å². The van der Waals surface area contributed by atoms with Crippen molar-refractivity contribution in [3.63, 3.8) is 0 Å². The van der Waals surface area contributed by atoms with Crippen molar-refractivity contribution in [3.8, 4) is 0 Å². The van der Waals surface area contributed by atoms with Crippen molar-refractivity contribution < 1.29 is 0 Å². The van der Waals surface area contributed by atoms with E-state index in [9.17, 15) is 0 Å². The summed E-state index contributed by atoms with van der Waals surface area (Å²) in [6.07, 6.45) is 0. The molecule has 3 heteroatoms. The fourth-order valence-electron chi connectivity index (χ4n) is 1.03. The number of nitrogens with one attached hydrogen (secondary N) is 1. The molecular formula is C9H12N3+. The predicted molar refractivity (Wildman–Crippen MR) is 50.1 cm³/mol. The Morgan fingerprint density at radius 2 is 2.25 bits per heavy atom. The van der Waals surface area contributed by atoms with Crippen LogP contribution in [0.3, 0.4) is 0 Å². The second-order valence-electron chi connectivity index (χ2n) is 2.63. The van der Waals surface area contributed by atoms with Gasteiger partial charge in [-0.05, 0) is 26.0 Å². The van der Waals surface area contributed by atoms with Gasteiger partial charge in [0.25, 0.3) is 0 Å². The van der Waals surface area contributed by atoms with Crippen LogP contribution in [0.1, 0.15) is 12.5 Å². The van der Waals surface area contributed by atoms with Crippen LogP contribution in [-0.2, 0) is 0 Å². The van der Waals surface area contributed by atoms with Gasteiger partial charge in [-0.25, -0.2) is 0 Å². The molecule has 0 heterocycles. The van der Waals surface area contributed by atoms with E-state index in [1.807, 2.05) is 32.0 Å². The minimum Gasteiger partial charge on any atom is -0.385 e. The Balaban J connectivity index is 2.99. The second-order valence-corrected chi connectivity index (χ2v) is 2.63. The van der Waals surface area contributed by atoms with Crippen LogP contribution in [0.25, 0.3) is 4.98 Å². The SMILES string of the molecule is CCNc1ccc(C)c([N+]#N)c1. The first-order valence-electron chi connectivity index (χ1n) is 3.97. The minimum atomic E-state index is 0.619. The summed E-state index contributed by atoms with van der Waals surface area (Å²) in [4.78, 5) is 3.17. The summed E-state index contributed by atoms with van der Waals surface area (Å²) in [6.45, 7) is 4.80. The molecular weight excluding hydrogens is 150 g/mol. The van der Waals surface area contributed by atoms with Gasteiger partial charge in [0.2, 0.25) is 5.39 Å². The summed E-state index contributed by atoms with van der Waals surface area (Å²) < 4.78 is 0. The van der Waals surface area contributed by atoms with Crippen LogP contribution in [0.5, 0.6) is 0 Å². The highest BCUT2D eigenvalue weighted by molar-refractivity contribution is 5.61. The molecule has 1 N–H and O–H groups in total. The van der Waals surface area contributed by atoms with Gasteiger partial charge < -0.3 is 5.32 Å². The van der Waals surface area contributed by atoms with Crippen LogP contribution in [0, 0.1) is 12.3 Å². The van der Waals surface area contributed by atoms with E-state index in [-0.39, 0.29) is 0 Å². The van der Waals surface area contributed by atoms with Gasteiger partial charge in [0.15, 0.2) is 4.98 Å². The Bertz CT molecular complexity index is 312. The van der Waals surface area contributed by atoms with Crippen molar-refractivity contribution in [1.29, 1.82) is 5.39 Å². The number of hydrogen-bond donors (Lipinski definition) is 1. The first kappa shape index (κ1) is 8.54. The Morgan fingerprint density at radius 3 is 2.83 bits per heavy atom. The van der Waals surface area contributed by atoms with Crippen LogP contribution in [-0.4, -0.2) is 6.54 Å². The van der Waals surface area contributed by atoms with E-state index in [0.29, 0.717) is 5.69 Å². The molecule has 0 amide bonds. The van der Waals surface area contributed by atoms with Gasteiger partial charge in [0.05, 0.1) is 6.07 Å². The number of benzene rings is 1. The molecule has 0 aliphatic carbocycles. The predicted octanol–water partition coefficient (Wildman–Crippen LogP) is 2.91. The number of diazo groups is 1. The number of anilines is 1. The van der Waals surface area contributed by atoms with E-state index in [2.05, 4.69) is 10.3 Å². The Kier molecular flexibility index (Phi) is 2.65. The van der Waals surface area contributed by atoms with E-state index in [4.69, 9.17) is 5.39 Å². The number of rotatable bonds is 2. The zero-order valence-corrected chi connectivity index (χ0v) is 7.33. The average molecular weight is 162 g/mol. The molecule has 0 fully saturated rings. The van der Waals surface area contributed by atoms with E-state index in [0.717, 1.165) is 17.8 Å². The lowest BCUT2D eigenvalue weighted by molar-refractivity contribution is 1.21. The summed E-state index contributed by atoms with van der Waals surface area (Å²) >= 11 is 0.